The molecule has 0 amide bonds. The first-order valence-electron chi connectivity index (χ1n) is 6.48. The number of rotatable bonds is 6. The highest BCUT2D eigenvalue weighted by Crippen LogP contribution is 2.28. The van der Waals surface area contributed by atoms with E-state index in [1.165, 1.54) is 30.1 Å². The largest absolute Gasteiger partial charge is 0.481 e. The van der Waals surface area contributed by atoms with Gasteiger partial charge in [0.25, 0.3) is 11.4 Å². The average Bonchev–Trinajstić information content (AvgIpc) is 2.94. The first kappa shape index (κ1) is 16.1. The van der Waals surface area contributed by atoms with Crippen LogP contribution in [0.25, 0.3) is 5.69 Å². The molecule has 0 spiro atoms. The number of aromatic nitrogens is 2. The van der Waals surface area contributed by atoms with Crippen LogP contribution in [0.2, 0.25) is 0 Å². The maximum absolute atomic E-state index is 11.1. The highest BCUT2D eigenvalue weighted by molar-refractivity contribution is 5.69. The fraction of sp³-hybridized carbons (Fsp3) is 0.231. The molecule has 1 heterocycles. The molecule has 23 heavy (non-hydrogen) atoms. The Kier molecular flexibility index (Phi) is 4.35. The number of hydrogen-bond acceptors (Lipinski definition) is 6. The van der Waals surface area contributed by atoms with Crippen LogP contribution in [0, 0.1) is 26.1 Å². The van der Waals surface area contributed by atoms with E-state index < -0.39 is 27.4 Å². The third-order valence-electron chi connectivity index (χ3n) is 3.22. The minimum absolute atomic E-state index is 0.113. The van der Waals surface area contributed by atoms with Gasteiger partial charge in [-0.2, -0.15) is 0 Å². The molecule has 0 aliphatic carbocycles. The van der Waals surface area contributed by atoms with Gasteiger partial charge in [0, 0.05) is 18.7 Å². The number of carboxylic acid groups (broad SMARTS) is 1. The zero-order valence-corrected chi connectivity index (χ0v) is 11.9. The number of carboxylic acids is 1. The number of non-ortho nitro benzene ring substituents is 1. The standard InChI is InChI=1S/C13H12N4O6/c1-8(13(18)19)4-9-6-15(7-14-9)11-3-2-10(16(20)21)5-12(11)17(22)23/h2-3,5-8H,4H2,1H3,(H,18,19). The van der Waals surface area contributed by atoms with E-state index in [0.717, 1.165) is 12.1 Å². The summed E-state index contributed by atoms with van der Waals surface area (Å²) in [6, 6.07) is 3.28. The van der Waals surface area contributed by atoms with Gasteiger partial charge in [0.2, 0.25) is 0 Å². The zero-order chi connectivity index (χ0) is 17.1. The van der Waals surface area contributed by atoms with E-state index in [2.05, 4.69) is 4.98 Å². The lowest BCUT2D eigenvalue weighted by Crippen LogP contribution is -2.12. The summed E-state index contributed by atoms with van der Waals surface area (Å²) in [7, 11) is 0. The molecule has 2 rings (SSSR count). The third kappa shape index (κ3) is 3.48. The van der Waals surface area contributed by atoms with Gasteiger partial charge in [-0.3, -0.25) is 29.6 Å². The average molecular weight is 320 g/mol. The van der Waals surface area contributed by atoms with Crippen molar-refractivity contribution in [3.05, 3.63) is 56.6 Å². The minimum Gasteiger partial charge on any atom is -0.481 e. The molecular formula is C13H12N4O6. The van der Waals surface area contributed by atoms with E-state index in [-0.39, 0.29) is 17.8 Å². The topological polar surface area (TPSA) is 141 Å². The number of nitro benzene ring substituents is 2. The summed E-state index contributed by atoms with van der Waals surface area (Å²) in [6.45, 7) is 1.52. The molecule has 120 valence electrons. The number of nitrogens with zero attached hydrogens (tertiary/aromatic N) is 4. The summed E-state index contributed by atoms with van der Waals surface area (Å²) < 4.78 is 1.34. The van der Waals surface area contributed by atoms with Gasteiger partial charge in [-0.25, -0.2) is 4.98 Å². The van der Waals surface area contributed by atoms with Gasteiger partial charge in [-0.05, 0) is 6.07 Å². The normalized spacial score (nSPS) is 11.9. The number of imidazole rings is 1. The molecule has 0 bridgehead atoms. The van der Waals surface area contributed by atoms with Crippen LogP contribution in [0.1, 0.15) is 12.6 Å². The number of hydrogen-bond donors (Lipinski definition) is 1. The van der Waals surface area contributed by atoms with Crippen molar-refractivity contribution in [2.75, 3.05) is 0 Å². The van der Waals surface area contributed by atoms with Crippen LogP contribution >= 0.6 is 0 Å². The van der Waals surface area contributed by atoms with Gasteiger partial charge < -0.3 is 5.11 Å². The summed E-state index contributed by atoms with van der Waals surface area (Å²) in [6.07, 6.45) is 2.94. The Labute approximate surface area is 129 Å². The maximum Gasteiger partial charge on any atom is 0.306 e. The molecule has 0 radical (unpaired) electrons. The quantitative estimate of drug-likeness (QED) is 0.633. The summed E-state index contributed by atoms with van der Waals surface area (Å²) in [5, 5.41) is 30.7. The van der Waals surface area contributed by atoms with E-state index in [9.17, 15) is 25.0 Å². The zero-order valence-electron chi connectivity index (χ0n) is 11.9. The van der Waals surface area contributed by atoms with Crippen LogP contribution < -0.4 is 0 Å². The van der Waals surface area contributed by atoms with Crippen molar-refractivity contribution in [2.24, 2.45) is 5.92 Å². The fourth-order valence-corrected chi connectivity index (χ4v) is 1.99. The second kappa shape index (κ2) is 6.22. The van der Waals surface area contributed by atoms with Gasteiger partial charge in [0.1, 0.15) is 5.69 Å². The first-order valence-corrected chi connectivity index (χ1v) is 6.48. The van der Waals surface area contributed by atoms with Gasteiger partial charge in [0.05, 0.1) is 33.9 Å². The van der Waals surface area contributed by atoms with Crippen molar-refractivity contribution in [1.29, 1.82) is 0 Å². The molecule has 10 heteroatoms. The number of carbonyl (C=O) groups is 1. The molecule has 1 atom stereocenters. The van der Waals surface area contributed by atoms with Crippen molar-refractivity contribution in [3.8, 4) is 5.69 Å². The first-order chi connectivity index (χ1) is 10.8. The summed E-state index contributed by atoms with van der Waals surface area (Å²) in [4.78, 5) is 35.3. The van der Waals surface area contributed by atoms with Crippen molar-refractivity contribution in [2.45, 2.75) is 13.3 Å². The second-order valence-electron chi connectivity index (χ2n) is 4.90. The second-order valence-corrected chi connectivity index (χ2v) is 4.90. The van der Waals surface area contributed by atoms with E-state index >= 15 is 0 Å². The van der Waals surface area contributed by atoms with E-state index in [4.69, 9.17) is 5.11 Å². The molecule has 1 aromatic heterocycles. The molecule has 0 saturated heterocycles. The number of nitro groups is 2. The molecule has 0 fully saturated rings. The minimum atomic E-state index is -0.971. The fourth-order valence-electron chi connectivity index (χ4n) is 1.99. The van der Waals surface area contributed by atoms with E-state index in [1.807, 2.05) is 0 Å². The molecule has 10 nitrogen and oxygen atoms in total. The van der Waals surface area contributed by atoms with Gasteiger partial charge in [0.15, 0.2) is 0 Å². The lowest BCUT2D eigenvalue weighted by molar-refractivity contribution is -0.394. The summed E-state index contributed by atoms with van der Waals surface area (Å²) >= 11 is 0. The third-order valence-corrected chi connectivity index (χ3v) is 3.22. The predicted molar refractivity (Wildman–Crippen MR) is 77.4 cm³/mol. The predicted octanol–water partition coefficient (Wildman–Crippen LogP) is 1.95. The van der Waals surface area contributed by atoms with Crippen molar-refractivity contribution >= 4 is 17.3 Å². The Hall–Kier alpha value is -3.30. The van der Waals surface area contributed by atoms with Crippen LogP contribution in [0.4, 0.5) is 11.4 Å². The molecule has 0 aliphatic rings. The molecule has 1 unspecified atom stereocenters. The Bertz CT molecular complexity index is 785. The Balaban J connectivity index is 2.39. The molecule has 0 saturated carbocycles. The van der Waals surface area contributed by atoms with Gasteiger partial charge in [-0.1, -0.05) is 6.92 Å². The Morgan fingerprint density at radius 3 is 2.61 bits per heavy atom. The van der Waals surface area contributed by atoms with Gasteiger partial charge >= 0.3 is 5.97 Å². The van der Waals surface area contributed by atoms with Crippen LogP contribution in [-0.2, 0) is 11.2 Å². The molecule has 0 aliphatic heterocycles. The lowest BCUT2D eigenvalue weighted by Gasteiger charge is -2.04. The highest BCUT2D eigenvalue weighted by atomic mass is 16.6. The molecule has 2 aromatic rings. The number of aliphatic carboxylic acids is 1. The van der Waals surface area contributed by atoms with Crippen LogP contribution in [0.5, 0.6) is 0 Å². The smallest absolute Gasteiger partial charge is 0.306 e. The van der Waals surface area contributed by atoms with Crippen LogP contribution in [-0.4, -0.2) is 30.5 Å². The van der Waals surface area contributed by atoms with Gasteiger partial charge in [-0.15, -0.1) is 0 Å². The van der Waals surface area contributed by atoms with E-state index in [1.54, 1.807) is 0 Å². The Morgan fingerprint density at radius 2 is 2.04 bits per heavy atom. The van der Waals surface area contributed by atoms with Crippen molar-refractivity contribution < 1.29 is 19.7 Å². The SMILES string of the molecule is CC(Cc1cn(-c2ccc([N+](=O)[O-])cc2[N+](=O)[O-])cn1)C(=O)O. The summed E-state index contributed by atoms with van der Waals surface area (Å²) in [5.74, 6) is -1.62. The molecule has 1 aromatic carbocycles. The van der Waals surface area contributed by atoms with E-state index in [0.29, 0.717) is 5.69 Å². The maximum atomic E-state index is 11.1. The lowest BCUT2D eigenvalue weighted by atomic mass is 10.1. The highest BCUT2D eigenvalue weighted by Gasteiger charge is 2.21. The van der Waals surface area contributed by atoms with Crippen molar-refractivity contribution in [3.63, 3.8) is 0 Å². The van der Waals surface area contributed by atoms with Crippen LogP contribution in [0.15, 0.2) is 30.7 Å². The molecular weight excluding hydrogens is 308 g/mol. The number of benzene rings is 1. The van der Waals surface area contributed by atoms with Crippen LogP contribution in [0.3, 0.4) is 0 Å². The Morgan fingerprint density at radius 1 is 1.35 bits per heavy atom. The van der Waals surface area contributed by atoms with Crippen molar-refractivity contribution in [1.82, 2.24) is 9.55 Å². The summed E-state index contributed by atoms with van der Waals surface area (Å²) in [5.41, 5.74) is -0.260. The molecule has 1 N–H and O–H groups in total. The monoisotopic (exact) mass is 320 g/mol.